The van der Waals surface area contributed by atoms with Gasteiger partial charge in [-0.05, 0) is 37.3 Å². The number of carboxylic acid groups (broad SMARTS) is 1. The molecular formula is C29H31F2N7O5. The molecule has 0 radical (unpaired) electrons. The molecule has 0 amide bonds. The molecule has 0 aliphatic carbocycles. The number of hydrogen-bond donors (Lipinski definition) is 4. The lowest BCUT2D eigenvalue weighted by molar-refractivity contribution is -0.142. The Morgan fingerprint density at radius 2 is 1.74 bits per heavy atom. The largest absolute Gasteiger partial charge is 0.504 e. The van der Waals surface area contributed by atoms with Gasteiger partial charge in [0.15, 0.2) is 11.5 Å². The highest BCUT2D eigenvalue weighted by atomic mass is 19.1. The number of pyridine rings is 1. The van der Waals surface area contributed by atoms with Gasteiger partial charge in [-0.2, -0.15) is 13.8 Å². The van der Waals surface area contributed by atoms with Crippen LogP contribution in [0.15, 0.2) is 47.5 Å². The molecule has 5 N–H and O–H groups in total. The number of hydrogen-bond acceptors (Lipinski definition) is 10. The highest BCUT2D eigenvalue weighted by Gasteiger charge is 2.32. The summed E-state index contributed by atoms with van der Waals surface area (Å²) in [6.07, 6.45) is 0. The fraction of sp³-hybridized carbons (Fsp3) is 0.310. The standard InChI is InChI=1S/C29H31F2N7O5/c1-16(29(40)41)37-10-12-38(13-11-37)24-22(30)27(42-19-5-3-4-18(14-19)26-34-8-9-36(26)2)35-28(23(24)31)43-21-15-17(25(32)33)6-7-20(21)39/h3-7,14-16,39H,8-13H2,1-2H3,(H3,32,33)(H,40,41). The highest BCUT2D eigenvalue weighted by molar-refractivity contribution is 6.00. The number of nitrogens with one attached hydrogen (secondary N) is 1. The van der Waals surface area contributed by atoms with Crippen LogP contribution < -0.4 is 20.1 Å². The molecule has 1 unspecified atom stereocenters. The first-order valence-corrected chi connectivity index (χ1v) is 13.5. The molecule has 0 spiro atoms. The topological polar surface area (TPSA) is 161 Å². The van der Waals surface area contributed by atoms with Gasteiger partial charge >= 0.3 is 5.97 Å². The Balaban J connectivity index is 1.53. The van der Waals surface area contributed by atoms with Crippen molar-refractivity contribution >= 4 is 23.3 Å². The maximum absolute atomic E-state index is 16.1. The molecular weight excluding hydrogens is 564 g/mol. The Bertz CT molecular complexity index is 1590. The van der Waals surface area contributed by atoms with Gasteiger partial charge in [0, 0.05) is 50.9 Å². The van der Waals surface area contributed by atoms with E-state index in [2.05, 4.69) is 9.98 Å². The lowest BCUT2D eigenvalue weighted by Crippen LogP contribution is -2.52. The average molecular weight is 596 g/mol. The summed E-state index contributed by atoms with van der Waals surface area (Å²) in [5.74, 6) is -4.46. The van der Waals surface area contributed by atoms with Gasteiger partial charge < -0.3 is 35.2 Å². The number of anilines is 1. The van der Waals surface area contributed by atoms with Crippen molar-refractivity contribution < 1.29 is 33.3 Å². The molecule has 1 fully saturated rings. The summed E-state index contributed by atoms with van der Waals surface area (Å²) in [6.45, 7) is 3.65. The van der Waals surface area contributed by atoms with Gasteiger partial charge in [-0.3, -0.25) is 20.1 Å². The van der Waals surface area contributed by atoms with Gasteiger partial charge in [0.2, 0.25) is 11.6 Å². The average Bonchev–Trinajstić information content (AvgIpc) is 3.42. The van der Waals surface area contributed by atoms with Crippen LogP contribution in [-0.2, 0) is 4.79 Å². The maximum atomic E-state index is 16.1. The van der Waals surface area contributed by atoms with Crippen LogP contribution in [0.3, 0.4) is 0 Å². The molecule has 1 aromatic heterocycles. The first kappa shape index (κ1) is 29.5. The van der Waals surface area contributed by atoms with Crippen molar-refractivity contribution in [2.75, 3.05) is 51.2 Å². The maximum Gasteiger partial charge on any atom is 0.320 e. The quantitative estimate of drug-likeness (QED) is 0.214. The lowest BCUT2D eigenvalue weighted by atomic mass is 10.2. The van der Waals surface area contributed by atoms with Crippen LogP contribution in [0, 0.1) is 17.0 Å². The van der Waals surface area contributed by atoms with Crippen LogP contribution in [-0.4, -0.2) is 95.0 Å². The summed E-state index contributed by atoms with van der Waals surface area (Å²) in [5, 5.41) is 27.4. The van der Waals surface area contributed by atoms with E-state index in [4.69, 9.17) is 20.6 Å². The molecule has 14 heteroatoms. The van der Waals surface area contributed by atoms with Gasteiger partial charge in [0.1, 0.15) is 29.1 Å². The number of nitrogens with zero attached hydrogens (tertiary/aromatic N) is 5. The van der Waals surface area contributed by atoms with Crippen molar-refractivity contribution in [1.82, 2.24) is 14.8 Å². The molecule has 2 aromatic carbocycles. The van der Waals surface area contributed by atoms with Crippen molar-refractivity contribution in [2.45, 2.75) is 13.0 Å². The summed E-state index contributed by atoms with van der Waals surface area (Å²) in [6, 6.07) is 9.89. The fourth-order valence-electron chi connectivity index (χ4n) is 4.91. The number of carboxylic acids is 1. The molecule has 3 heterocycles. The third-order valence-corrected chi connectivity index (χ3v) is 7.37. The second kappa shape index (κ2) is 12.1. The van der Waals surface area contributed by atoms with Crippen molar-refractivity contribution in [3.63, 3.8) is 0 Å². The summed E-state index contributed by atoms with van der Waals surface area (Å²) < 4.78 is 43.6. The first-order chi connectivity index (χ1) is 20.5. The third-order valence-electron chi connectivity index (χ3n) is 7.37. The number of halogens is 2. The van der Waals surface area contributed by atoms with Crippen molar-refractivity contribution in [3.8, 4) is 29.0 Å². The SMILES string of the molecule is CC(C(=O)O)N1CCN(c2c(F)c(Oc3cccc(C4=NCCN4C)c3)nc(Oc3cc(C(=N)N)ccc3O)c2F)CC1. The van der Waals surface area contributed by atoms with E-state index in [0.29, 0.717) is 6.54 Å². The number of rotatable bonds is 9. The smallest absolute Gasteiger partial charge is 0.320 e. The molecule has 12 nitrogen and oxygen atoms in total. The Labute approximate surface area is 246 Å². The molecule has 226 valence electrons. The number of nitrogen functional groups attached to an aromatic ring is 1. The van der Waals surface area contributed by atoms with Gasteiger partial charge in [0.25, 0.3) is 11.8 Å². The van der Waals surface area contributed by atoms with Gasteiger partial charge in [0.05, 0.1) is 6.54 Å². The highest BCUT2D eigenvalue weighted by Crippen LogP contribution is 2.40. The first-order valence-electron chi connectivity index (χ1n) is 13.5. The normalized spacial score (nSPS) is 16.1. The lowest BCUT2D eigenvalue weighted by Gasteiger charge is -2.38. The van der Waals surface area contributed by atoms with E-state index >= 15 is 8.78 Å². The summed E-state index contributed by atoms with van der Waals surface area (Å²) >= 11 is 0. The van der Waals surface area contributed by atoms with Crippen LogP contribution >= 0.6 is 0 Å². The second-order valence-electron chi connectivity index (χ2n) is 10.2. The number of amidine groups is 2. The predicted octanol–water partition coefficient (Wildman–Crippen LogP) is 3.22. The minimum atomic E-state index is -1.15. The number of aliphatic imine (C=N–C) groups is 1. The molecule has 1 atom stereocenters. The van der Waals surface area contributed by atoms with E-state index in [-0.39, 0.29) is 54.8 Å². The van der Waals surface area contributed by atoms with E-state index < -0.39 is 41.1 Å². The van der Waals surface area contributed by atoms with Crippen LogP contribution in [0.2, 0.25) is 0 Å². The zero-order chi connectivity index (χ0) is 30.8. The number of phenolic OH excluding ortho intramolecular Hbond substituents is 1. The zero-order valence-corrected chi connectivity index (χ0v) is 23.5. The summed E-state index contributed by atoms with van der Waals surface area (Å²) in [4.78, 5) is 25.0. The number of carbonyl (C=O) groups is 1. The Morgan fingerprint density at radius 1 is 1.05 bits per heavy atom. The number of benzene rings is 2. The molecule has 0 bridgehead atoms. The Morgan fingerprint density at radius 3 is 2.37 bits per heavy atom. The van der Waals surface area contributed by atoms with Gasteiger partial charge in [-0.25, -0.2) is 0 Å². The number of aromatic nitrogens is 1. The number of aromatic hydroxyl groups is 1. The molecule has 2 aliphatic rings. The van der Waals surface area contributed by atoms with E-state index in [1.165, 1.54) is 23.1 Å². The Hall–Kier alpha value is -4.98. The minimum Gasteiger partial charge on any atom is -0.504 e. The molecule has 3 aromatic rings. The molecule has 43 heavy (non-hydrogen) atoms. The van der Waals surface area contributed by atoms with Crippen molar-refractivity contribution in [1.29, 1.82) is 5.41 Å². The third kappa shape index (κ3) is 6.14. The molecule has 5 rings (SSSR count). The summed E-state index contributed by atoms with van der Waals surface area (Å²) in [5.41, 5.74) is 6.02. The van der Waals surface area contributed by atoms with E-state index in [9.17, 15) is 15.0 Å². The number of phenols is 1. The van der Waals surface area contributed by atoms with Crippen molar-refractivity contribution in [3.05, 3.63) is 65.2 Å². The monoisotopic (exact) mass is 595 g/mol. The van der Waals surface area contributed by atoms with Crippen LogP contribution in [0.4, 0.5) is 14.5 Å². The number of aliphatic carboxylic acids is 1. The van der Waals surface area contributed by atoms with E-state index in [0.717, 1.165) is 17.9 Å². The van der Waals surface area contributed by atoms with Gasteiger partial charge in [-0.15, -0.1) is 0 Å². The molecule has 2 aliphatic heterocycles. The number of likely N-dealkylation sites (N-methyl/N-ethyl adjacent to an activating group) is 1. The minimum absolute atomic E-state index is 0.112. The van der Waals surface area contributed by atoms with E-state index in [1.807, 2.05) is 18.0 Å². The number of nitrogens with two attached hydrogens (primary N) is 1. The second-order valence-corrected chi connectivity index (χ2v) is 10.2. The summed E-state index contributed by atoms with van der Waals surface area (Å²) in [7, 11) is 1.91. The van der Waals surface area contributed by atoms with E-state index in [1.54, 1.807) is 30.0 Å². The van der Waals surface area contributed by atoms with Gasteiger partial charge in [-0.1, -0.05) is 12.1 Å². The number of ether oxygens (including phenoxy) is 2. The molecule has 0 saturated carbocycles. The van der Waals surface area contributed by atoms with Crippen molar-refractivity contribution in [2.24, 2.45) is 10.7 Å². The predicted molar refractivity (Wildman–Crippen MR) is 155 cm³/mol. The van der Waals surface area contributed by atoms with Crippen LogP contribution in [0.25, 0.3) is 0 Å². The van der Waals surface area contributed by atoms with Crippen LogP contribution in [0.5, 0.6) is 29.0 Å². The Kier molecular flexibility index (Phi) is 8.30. The molecule has 1 saturated heterocycles. The zero-order valence-electron chi connectivity index (χ0n) is 23.5. The fourth-order valence-corrected chi connectivity index (χ4v) is 4.91. The number of piperazine rings is 1. The van der Waals surface area contributed by atoms with Crippen LogP contribution in [0.1, 0.15) is 18.1 Å².